The highest BCUT2D eigenvalue weighted by atomic mass is 32.2. The van der Waals surface area contributed by atoms with Gasteiger partial charge >= 0.3 is 0 Å². The number of nitrogens with two attached hydrogens (primary N) is 1. The lowest BCUT2D eigenvalue weighted by atomic mass is 10.2. The van der Waals surface area contributed by atoms with Gasteiger partial charge in [-0.05, 0) is 43.2 Å². The molecular weight excluding hydrogens is 291 g/mol. The molecule has 21 heavy (non-hydrogen) atoms. The monoisotopic (exact) mass is 308 g/mol. The molecule has 0 bridgehead atoms. The zero-order chi connectivity index (χ0) is 15.6. The first kappa shape index (κ1) is 15.3. The van der Waals surface area contributed by atoms with Crippen LogP contribution in [-0.2, 0) is 16.4 Å². The Balaban J connectivity index is 2.38. The number of nitrogen functional groups attached to an aromatic ring is 1. The van der Waals surface area contributed by atoms with Crippen LogP contribution in [0.15, 0.2) is 41.3 Å². The van der Waals surface area contributed by atoms with E-state index in [0.29, 0.717) is 5.69 Å². The maximum Gasteiger partial charge on any atom is 0.262 e. The van der Waals surface area contributed by atoms with Gasteiger partial charge in [-0.25, -0.2) is 12.8 Å². The minimum absolute atomic E-state index is 0.0434. The number of hydrogen-bond donors (Lipinski definition) is 2. The molecule has 0 fully saturated rings. The van der Waals surface area contributed by atoms with Crippen molar-refractivity contribution >= 4 is 21.4 Å². The van der Waals surface area contributed by atoms with Crippen molar-refractivity contribution in [3.05, 3.63) is 53.3 Å². The van der Waals surface area contributed by atoms with E-state index in [0.717, 1.165) is 18.1 Å². The fraction of sp³-hybridized carbons (Fsp3) is 0.200. The summed E-state index contributed by atoms with van der Waals surface area (Å²) in [5.74, 6) is -0.642. The van der Waals surface area contributed by atoms with Crippen molar-refractivity contribution in [3.8, 4) is 0 Å². The average molecular weight is 308 g/mol. The number of benzene rings is 2. The molecule has 0 atom stereocenters. The number of halogens is 1. The first-order valence-electron chi connectivity index (χ1n) is 6.51. The van der Waals surface area contributed by atoms with E-state index in [4.69, 9.17) is 5.73 Å². The summed E-state index contributed by atoms with van der Waals surface area (Å²) in [6.45, 7) is 3.42. The third-order valence-corrected chi connectivity index (χ3v) is 4.73. The van der Waals surface area contributed by atoms with Crippen LogP contribution in [0.3, 0.4) is 0 Å². The molecular formula is C15H17FN2O2S. The third kappa shape index (κ3) is 3.33. The van der Waals surface area contributed by atoms with E-state index in [-0.39, 0.29) is 16.1 Å². The van der Waals surface area contributed by atoms with Gasteiger partial charge in [-0.3, -0.25) is 4.72 Å². The number of sulfonamides is 1. The van der Waals surface area contributed by atoms with Crippen LogP contribution in [0.25, 0.3) is 0 Å². The highest BCUT2D eigenvalue weighted by molar-refractivity contribution is 7.92. The Morgan fingerprint density at radius 3 is 2.38 bits per heavy atom. The van der Waals surface area contributed by atoms with E-state index in [2.05, 4.69) is 4.72 Å². The third-order valence-electron chi connectivity index (χ3n) is 3.22. The summed E-state index contributed by atoms with van der Waals surface area (Å²) in [4.78, 5) is -0.153. The number of anilines is 2. The van der Waals surface area contributed by atoms with Gasteiger partial charge < -0.3 is 5.73 Å². The second-order valence-corrected chi connectivity index (χ2v) is 6.43. The molecule has 0 radical (unpaired) electrons. The molecule has 0 amide bonds. The van der Waals surface area contributed by atoms with E-state index in [1.54, 1.807) is 12.1 Å². The molecule has 0 saturated carbocycles. The van der Waals surface area contributed by atoms with Crippen molar-refractivity contribution in [1.82, 2.24) is 0 Å². The van der Waals surface area contributed by atoms with Gasteiger partial charge in [0.15, 0.2) is 0 Å². The van der Waals surface area contributed by atoms with Gasteiger partial charge in [0, 0.05) is 16.9 Å². The first-order chi connectivity index (χ1) is 9.83. The Morgan fingerprint density at radius 1 is 1.19 bits per heavy atom. The van der Waals surface area contributed by atoms with Crippen LogP contribution in [0.5, 0.6) is 0 Å². The van der Waals surface area contributed by atoms with Crippen molar-refractivity contribution < 1.29 is 12.8 Å². The maximum atomic E-state index is 13.6. The van der Waals surface area contributed by atoms with Crippen LogP contribution in [-0.4, -0.2) is 8.42 Å². The molecule has 0 saturated heterocycles. The van der Waals surface area contributed by atoms with Crippen LogP contribution >= 0.6 is 0 Å². The maximum absolute atomic E-state index is 13.6. The molecule has 0 aliphatic heterocycles. The number of hydrogen-bond acceptors (Lipinski definition) is 3. The highest BCUT2D eigenvalue weighted by Gasteiger charge is 2.20. The number of nitrogens with one attached hydrogen (secondary N) is 1. The van der Waals surface area contributed by atoms with Gasteiger partial charge in [-0.1, -0.05) is 19.1 Å². The van der Waals surface area contributed by atoms with Gasteiger partial charge in [0.25, 0.3) is 10.0 Å². The van der Waals surface area contributed by atoms with Gasteiger partial charge in [-0.15, -0.1) is 0 Å². The minimum Gasteiger partial charge on any atom is -0.399 e. The van der Waals surface area contributed by atoms with Gasteiger partial charge in [0.05, 0.1) is 4.90 Å². The van der Waals surface area contributed by atoms with Crippen molar-refractivity contribution in [2.75, 3.05) is 10.5 Å². The molecule has 2 aromatic rings. The number of rotatable bonds is 4. The van der Waals surface area contributed by atoms with Crippen LogP contribution in [0, 0.1) is 12.7 Å². The summed E-state index contributed by atoms with van der Waals surface area (Å²) in [6, 6.07) is 9.38. The quantitative estimate of drug-likeness (QED) is 0.853. The van der Waals surface area contributed by atoms with Crippen LogP contribution < -0.4 is 10.5 Å². The second kappa shape index (κ2) is 5.73. The van der Waals surface area contributed by atoms with Gasteiger partial charge in [0.2, 0.25) is 0 Å². The Labute approximate surface area is 123 Å². The molecule has 0 unspecified atom stereocenters. The standard InChI is InChI=1S/C15H17FN2O2S/c1-3-11-4-6-13(7-5-11)18-21(19,20)15-9-12(17)8-14(16)10(15)2/h4-9,18H,3,17H2,1-2H3. The Morgan fingerprint density at radius 2 is 1.81 bits per heavy atom. The lowest BCUT2D eigenvalue weighted by molar-refractivity contribution is 0.591. The summed E-state index contributed by atoms with van der Waals surface area (Å²) in [5, 5.41) is 0. The molecule has 2 aromatic carbocycles. The molecule has 2 rings (SSSR count). The van der Waals surface area contributed by atoms with Crippen LogP contribution in [0.4, 0.5) is 15.8 Å². The lowest BCUT2D eigenvalue weighted by Crippen LogP contribution is -2.15. The van der Waals surface area contributed by atoms with Crippen molar-refractivity contribution in [1.29, 1.82) is 0 Å². The fourth-order valence-electron chi connectivity index (χ4n) is 1.97. The topological polar surface area (TPSA) is 72.2 Å². The molecule has 0 spiro atoms. The Bertz CT molecular complexity index is 756. The predicted molar refractivity (Wildman–Crippen MR) is 82.2 cm³/mol. The van der Waals surface area contributed by atoms with E-state index in [9.17, 15) is 12.8 Å². The molecule has 6 heteroatoms. The summed E-state index contributed by atoms with van der Waals surface area (Å²) < 4.78 is 40.8. The zero-order valence-corrected chi connectivity index (χ0v) is 12.7. The van der Waals surface area contributed by atoms with E-state index < -0.39 is 15.8 Å². The average Bonchev–Trinajstić information content (AvgIpc) is 2.43. The number of aryl methyl sites for hydroxylation is 1. The van der Waals surface area contributed by atoms with Crippen molar-refractivity contribution in [2.24, 2.45) is 0 Å². The summed E-state index contributed by atoms with van der Waals surface area (Å²) >= 11 is 0. The van der Waals surface area contributed by atoms with Crippen molar-refractivity contribution in [2.45, 2.75) is 25.2 Å². The predicted octanol–water partition coefficient (Wildman–Crippen LogP) is 3.08. The van der Waals surface area contributed by atoms with E-state index in [1.807, 2.05) is 19.1 Å². The van der Waals surface area contributed by atoms with Gasteiger partial charge in [-0.2, -0.15) is 0 Å². The zero-order valence-electron chi connectivity index (χ0n) is 11.9. The molecule has 4 nitrogen and oxygen atoms in total. The molecule has 3 N–H and O–H groups in total. The highest BCUT2D eigenvalue weighted by Crippen LogP contribution is 2.24. The SMILES string of the molecule is CCc1ccc(NS(=O)(=O)c2cc(N)cc(F)c2C)cc1. The smallest absolute Gasteiger partial charge is 0.262 e. The van der Waals surface area contributed by atoms with Crippen molar-refractivity contribution in [3.63, 3.8) is 0 Å². The van der Waals surface area contributed by atoms with Crippen LogP contribution in [0.2, 0.25) is 0 Å². The second-order valence-electron chi connectivity index (χ2n) is 4.78. The summed E-state index contributed by atoms with van der Waals surface area (Å²) in [6.07, 6.45) is 0.868. The first-order valence-corrected chi connectivity index (χ1v) is 7.99. The van der Waals surface area contributed by atoms with E-state index in [1.165, 1.54) is 13.0 Å². The Kier molecular flexibility index (Phi) is 4.18. The molecule has 112 valence electrons. The molecule has 0 aromatic heterocycles. The lowest BCUT2D eigenvalue weighted by Gasteiger charge is -2.12. The molecule has 0 aliphatic carbocycles. The fourth-order valence-corrected chi connectivity index (χ4v) is 3.32. The normalized spacial score (nSPS) is 11.4. The molecule has 0 aliphatic rings. The van der Waals surface area contributed by atoms with E-state index >= 15 is 0 Å². The largest absolute Gasteiger partial charge is 0.399 e. The summed E-state index contributed by atoms with van der Waals surface area (Å²) in [7, 11) is -3.88. The van der Waals surface area contributed by atoms with Gasteiger partial charge in [0.1, 0.15) is 5.82 Å². The Hall–Kier alpha value is -2.08. The minimum atomic E-state index is -3.88. The summed E-state index contributed by atoms with van der Waals surface area (Å²) in [5.41, 5.74) is 7.16. The van der Waals surface area contributed by atoms with Crippen LogP contribution in [0.1, 0.15) is 18.1 Å². The molecule has 0 heterocycles.